The molecule has 2 saturated heterocycles. The average molecular weight is 351 g/mol. The van der Waals surface area contributed by atoms with E-state index in [0.717, 1.165) is 51.6 Å². The number of carbonyl (C=O) groups is 3. The van der Waals surface area contributed by atoms with Crippen LogP contribution in [0.4, 0.5) is 4.79 Å². The highest BCUT2D eigenvalue weighted by Gasteiger charge is 2.39. The largest absolute Gasteiger partial charge is 0.481 e. The van der Waals surface area contributed by atoms with Crippen molar-refractivity contribution in [3.63, 3.8) is 0 Å². The summed E-state index contributed by atoms with van der Waals surface area (Å²) in [5.41, 5.74) is -0.564. The number of hydrogen-bond donors (Lipinski definition) is 2. The van der Waals surface area contributed by atoms with Crippen LogP contribution in [0.2, 0.25) is 0 Å². The van der Waals surface area contributed by atoms with E-state index in [4.69, 9.17) is 5.11 Å². The Morgan fingerprint density at radius 1 is 0.920 bits per heavy atom. The molecule has 1 aliphatic carbocycles. The smallest absolute Gasteiger partial charge is 0.319 e. The lowest BCUT2D eigenvalue weighted by Crippen LogP contribution is -2.52. The van der Waals surface area contributed by atoms with Gasteiger partial charge in [0, 0.05) is 32.1 Å². The summed E-state index contributed by atoms with van der Waals surface area (Å²) >= 11 is 0. The van der Waals surface area contributed by atoms with Crippen LogP contribution in [0.1, 0.15) is 57.8 Å². The number of nitrogens with zero attached hydrogens (tertiary/aromatic N) is 2. The molecule has 3 rings (SSSR count). The number of hydrogen-bond acceptors (Lipinski definition) is 3. The summed E-state index contributed by atoms with van der Waals surface area (Å²) in [6.45, 7) is 2.91. The van der Waals surface area contributed by atoms with E-state index in [1.54, 1.807) is 0 Å². The maximum atomic E-state index is 12.7. The van der Waals surface area contributed by atoms with Gasteiger partial charge in [-0.3, -0.25) is 9.59 Å². The zero-order chi connectivity index (χ0) is 17.9. The Hall–Kier alpha value is -1.79. The first-order valence-corrected chi connectivity index (χ1v) is 9.57. The molecule has 0 radical (unpaired) electrons. The Morgan fingerprint density at radius 2 is 1.48 bits per heavy atom. The minimum absolute atomic E-state index is 0.00499. The van der Waals surface area contributed by atoms with Crippen molar-refractivity contribution in [3.8, 4) is 0 Å². The molecule has 2 heterocycles. The molecule has 140 valence electrons. The molecule has 0 aromatic heterocycles. The Kier molecular flexibility index (Phi) is 5.49. The summed E-state index contributed by atoms with van der Waals surface area (Å²) in [6.07, 6.45) is 6.92. The number of carboxylic acids is 1. The summed E-state index contributed by atoms with van der Waals surface area (Å²) in [6, 6.07) is 0.106. The van der Waals surface area contributed by atoms with Crippen LogP contribution < -0.4 is 5.32 Å². The zero-order valence-electron chi connectivity index (χ0n) is 14.8. The highest BCUT2D eigenvalue weighted by Crippen LogP contribution is 2.33. The summed E-state index contributed by atoms with van der Waals surface area (Å²) in [7, 11) is 0. The first-order chi connectivity index (χ1) is 12.0. The number of carbonyl (C=O) groups excluding carboxylic acids is 2. The first kappa shape index (κ1) is 18.0. The topological polar surface area (TPSA) is 90.0 Å². The quantitative estimate of drug-likeness (QED) is 0.808. The van der Waals surface area contributed by atoms with Crippen molar-refractivity contribution < 1.29 is 19.5 Å². The molecule has 25 heavy (non-hydrogen) atoms. The molecule has 0 bridgehead atoms. The van der Waals surface area contributed by atoms with E-state index in [9.17, 15) is 14.4 Å². The highest BCUT2D eigenvalue weighted by molar-refractivity contribution is 5.81. The van der Waals surface area contributed by atoms with Crippen molar-refractivity contribution in [1.29, 1.82) is 0 Å². The zero-order valence-corrected chi connectivity index (χ0v) is 14.8. The molecule has 7 heteroatoms. The molecule has 0 aromatic rings. The van der Waals surface area contributed by atoms with E-state index in [0.29, 0.717) is 25.9 Å². The van der Waals surface area contributed by atoms with Gasteiger partial charge in [-0.15, -0.1) is 0 Å². The van der Waals surface area contributed by atoms with Crippen molar-refractivity contribution in [2.24, 2.45) is 5.92 Å². The van der Waals surface area contributed by atoms with Crippen LogP contribution in [-0.2, 0) is 9.59 Å². The number of aliphatic carboxylic acids is 1. The van der Waals surface area contributed by atoms with Gasteiger partial charge in [0.1, 0.15) is 0 Å². The summed E-state index contributed by atoms with van der Waals surface area (Å²) in [5.74, 6) is -1.00. The summed E-state index contributed by atoms with van der Waals surface area (Å²) in [4.78, 5) is 40.0. The predicted molar refractivity (Wildman–Crippen MR) is 92.1 cm³/mol. The molecule has 1 saturated carbocycles. The molecule has 0 unspecified atom stereocenters. The maximum Gasteiger partial charge on any atom is 0.319 e. The SMILES string of the molecule is O=C(O)CC1(NC(=O)C2CCN(C(=O)N3CCCC3)CC2)CCCC1. The average Bonchev–Trinajstić information content (AvgIpc) is 3.26. The molecular weight excluding hydrogens is 322 g/mol. The predicted octanol–water partition coefficient (Wildman–Crippen LogP) is 1.82. The second kappa shape index (κ2) is 7.62. The minimum Gasteiger partial charge on any atom is -0.481 e. The third kappa shape index (κ3) is 4.25. The summed E-state index contributed by atoms with van der Waals surface area (Å²) in [5, 5.41) is 12.2. The Bertz CT molecular complexity index is 516. The molecule has 0 atom stereocenters. The van der Waals surface area contributed by atoms with E-state index in [-0.39, 0.29) is 24.3 Å². The number of piperidine rings is 1. The summed E-state index contributed by atoms with van der Waals surface area (Å²) < 4.78 is 0. The number of likely N-dealkylation sites (tertiary alicyclic amines) is 2. The fraction of sp³-hybridized carbons (Fsp3) is 0.833. The number of urea groups is 1. The van der Waals surface area contributed by atoms with Gasteiger partial charge in [0.05, 0.1) is 12.0 Å². The molecule has 7 nitrogen and oxygen atoms in total. The minimum atomic E-state index is -0.853. The van der Waals surface area contributed by atoms with E-state index in [1.807, 2.05) is 9.80 Å². The third-order valence-corrected chi connectivity index (χ3v) is 5.95. The van der Waals surface area contributed by atoms with E-state index in [1.165, 1.54) is 0 Å². The van der Waals surface area contributed by atoms with Gasteiger partial charge in [0.15, 0.2) is 0 Å². The fourth-order valence-electron chi connectivity index (χ4n) is 4.49. The van der Waals surface area contributed by atoms with Crippen molar-refractivity contribution in [2.75, 3.05) is 26.2 Å². The fourth-order valence-corrected chi connectivity index (χ4v) is 4.49. The van der Waals surface area contributed by atoms with Crippen LogP contribution in [0.3, 0.4) is 0 Å². The van der Waals surface area contributed by atoms with Gasteiger partial charge < -0.3 is 20.2 Å². The van der Waals surface area contributed by atoms with Crippen molar-refractivity contribution in [1.82, 2.24) is 15.1 Å². The van der Waals surface area contributed by atoms with Crippen LogP contribution in [-0.4, -0.2) is 64.5 Å². The molecule has 3 aliphatic rings. The van der Waals surface area contributed by atoms with Gasteiger partial charge in [0.2, 0.25) is 5.91 Å². The Labute approximate surface area is 148 Å². The van der Waals surface area contributed by atoms with Gasteiger partial charge in [0.25, 0.3) is 0 Å². The number of amides is 3. The Balaban J connectivity index is 1.51. The lowest BCUT2D eigenvalue weighted by atomic mass is 9.90. The van der Waals surface area contributed by atoms with E-state index in [2.05, 4.69) is 5.32 Å². The van der Waals surface area contributed by atoms with E-state index < -0.39 is 11.5 Å². The van der Waals surface area contributed by atoms with Crippen molar-refractivity contribution >= 4 is 17.9 Å². The second-order valence-electron chi connectivity index (χ2n) is 7.79. The molecule has 3 fully saturated rings. The van der Waals surface area contributed by atoms with Crippen LogP contribution in [0, 0.1) is 5.92 Å². The third-order valence-electron chi connectivity index (χ3n) is 5.95. The molecule has 0 spiro atoms. The molecular formula is C18H29N3O4. The standard InChI is InChI=1S/C18H29N3O4/c22-15(23)13-18(7-1-2-8-18)19-16(24)14-5-11-21(12-6-14)17(25)20-9-3-4-10-20/h14H,1-13H2,(H,19,24)(H,22,23). The normalized spacial score (nSPS) is 23.7. The molecule has 0 aromatic carbocycles. The highest BCUT2D eigenvalue weighted by atomic mass is 16.4. The van der Waals surface area contributed by atoms with Crippen LogP contribution in [0.15, 0.2) is 0 Å². The first-order valence-electron chi connectivity index (χ1n) is 9.57. The number of rotatable bonds is 4. The Morgan fingerprint density at radius 3 is 2.04 bits per heavy atom. The lowest BCUT2D eigenvalue weighted by molar-refractivity contribution is -0.139. The van der Waals surface area contributed by atoms with Gasteiger partial charge in [-0.05, 0) is 38.5 Å². The van der Waals surface area contributed by atoms with Gasteiger partial charge >= 0.3 is 12.0 Å². The molecule has 2 aliphatic heterocycles. The molecule has 3 amide bonds. The van der Waals surface area contributed by atoms with Crippen LogP contribution in [0.25, 0.3) is 0 Å². The monoisotopic (exact) mass is 351 g/mol. The van der Waals surface area contributed by atoms with Crippen LogP contribution >= 0.6 is 0 Å². The maximum absolute atomic E-state index is 12.7. The molecule has 2 N–H and O–H groups in total. The second-order valence-corrected chi connectivity index (χ2v) is 7.79. The van der Waals surface area contributed by atoms with Crippen LogP contribution in [0.5, 0.6) is 0 Å². The van der Waals surface area contributed by atoms with Gasteiger partial charge in [-0.1, -0.05) is 12.8 Å². The number of carboxylic acid groups (broad SMARTS) is 1. The van der Waals surface area contributed by atoms with E-state index >= 15 is 0 Å². The lowest BCUT2D eigenvalue weighted by Gasteiger charge is -2.36. The van der Waals surface area contributed by atoms with Crippen molar-refractivity contribution in [3.05, 3.63) is 0 Å². The van der Waals surface area contributed by atoms with Crippen molar-refractivity contribution in [2.45, 2.75) is 63.3 Å². The number of nitrogens with one attached hydrogen (secondary N) is 1. The van der Waals surface area contributed by atoms with Gasteiger partial charge in [-0.2, -0.15) is 0 Å². The van der Waals surface area contributed by atoms with Gasteiger partial charge in [-0.25, -0.2) is 4.79 Å².